The Morgan fingerprint density at radius 2 is 1.21 bits per heavy atom. The lowest BCUT2D eigenvalue weighted by Gasteiger charge is -2.20. The maximum Gasteiger partial charge on any atom is 0.349 e. The number of esters is 4. The summed E-state index contributed by atoms with van der Waals surface area (Å²) < 4.78 is 51.3. The van der Waals surface area contributed by atoms with E-state index in [2.05, 4.69) is 19.7 Å². The lowest BCUT2D eigenvalue weighted by atomic mass is 9.97. The number of carbonyl (C=O) groups is 4. The molecule has 0 atom stereocenters. The van der Waals surface area contributed by atoms with Gasteiger partial charge >= 0.3 is 23.9 Å². The molecule has 11 heteroatoms. The van der Waals surface area contributed by atoms with E-state index in [4.69, 9.17) is 18.9 Å². The summed E-state index contributed by atoms with van der Waals surface area (Å²) in [5.41, 5.74) is -1.84. The fourth-order valence-electron chi connectivity index (χ4n) is 2.63. The highest BCUT2D eigenvalue weighted by Crippen LogP contribution is 2.42. The summed E-state index contributed by atoms with van der Waals surface area (Å²) in [5.74, 6) is -8.60. The molecule has 0 aliphatic carbocycles. The average molecular weight is 654 g/mol. The quantitative estimate of drug-likeness (QED) is 0.139. The summed E-state index contributed by atoms with van der Waals surface area (Å²) in [4.78, 5) is 49.0. The van der Waals surface area contributed by atoms with E-state index < -0.39 is 58.0 Å². The molecule has 0 radical (unpaired) electrons. The fraction of sp³-hybridized carbons (Fsp3) is 0.214. The van der Waals surface area contributed by atoms with E-state index in [1.54, 1.807) is 0 Å². The standard InChI is InChI=1S/C28H25F2IO8/c1-13(2)24(32)36-17-9-16(10-18(11-17)37-25(33)14(3)4)21-19(39-27(35)28(6,7)8)12-20(22(29)23(21)30)38-26(34)15(5)31/h9-12H,1,3,5H2,2,4,6-8H3. The lowest BCUT2D eigenvalue weighted by molar-refractivity contribution is -0.143. The van der Waals surface area contributed by atoms with Crippen LogP contribution in [0.5, 0.6) is 23.0 Å². The summed E-state index contributed by atoms with van der Waals surface area (Å²) in [5, 5.41) is 0. The molecule has 39 heavy (non-hydrogen) atoms. The van der Waals surface area contributed by atoms with Crippen LogP contribution in [-0.4, -0.2) is 23.9 Å². The molecule has 8 nitrogen and oxygen atoms in total. The van der Waals surface area contributed by atoms with Crippen LogP contribution in [0.25, 0.3) is 11.1 Å². The third-order valence-electron chi connectivity index (χ3n) is 4.66. The molecule has 0 N–H and O–H groups in total. The van der Waals surface area contributed by atoms with Crippen LogP contribution in [0, 0.1) is 17.0 Å². The Morgan fingerprint density at radius 3 is 1.62 bits per heavy atom. The van der Waals surface area contributed by atoms with Crippen molar-refractivity contribution < 1.29 is 46.9 Å². The van der Waals surface area contributed by atoms with Gasteiger partial charge in [-0.3, -0.25) is 4.79 Å². The van der Waals surface area contributed by atoms with Crippen molar-refractivity contribution in [2.24, 2.45) is 5.41 Å². The zero-order valence-electron chi connectivity index (χ0n) is 21.8. The predicted molar refractivity (Wildman–Crippen MR) is 147 cm³/mol. The Labute approximate surface area is 237 Å². The number of hydrogen-bond donors (Lipinski definition) is 0. The van der Waals surface area contributed by atoms with Gasteiger partial charge in [-0.2, -0.15) is 4.39 Å². The van der Waals surface area contributed by atoms with Crippen molar-refractivity contribution in [1.29, 1.82) is 0 Å². The minimum Gasteiger partial charge on any atom is -0.425 e. The smallest absolute Gasteiger partial charge is 0.349 e. The van der Waals surface area contributed by atoms with E-state index >= 15 is 8.78 Å². The van der Waals surface area contributed by atoms with Gasteiger partial charge in [-0.05, 0) is 74.9 Å². The first-order chi connectivity index (χ1) is 17.9. The zero-order chi connectivity index (χ0) is 29.8. The monoisotopic (exact) mass is 654 g/mol. The van der Waals surface area contributed by atoms with Gasteiger partial charge in [0.15, 0.2) is 11.6 Å². The molecule has 0 aliphatic heterocycles. The van der Waals surface area contributed by atoms with Gasteiger partial charge in [-0.15, -0.1) is 0 Å². The van der Waals surface area contributed by atoms with Crippen LogP contribution >= 0.6 is 22.6 Å². The Morgan fingerprint density at radius 1 is 0.718 bits per heavy atom. The summed E-state index contributed by atoms with van der Waals surface area (Å²) in [6.07, 6.45) is 0. The molecule has 0 spiro atoms. The summed E-state index contributed by atoms with van der Waals surface area (Å²) >= 11 is 1.54. The fourth-order valence-corrected chi connectivity index (χ4v) is 2.74. The van der Waals surface area contributed by atoms with Crippen LogP contribution in [0.15, 0.2) is 58.7 Å². The first-order valence-electron chi connectivity index (χ1n) is 11.1. The van der Waals surface area contributed by atoms with Gasteiger partial charge in [0.25, 0.3) is 0 Å². The van der Waals surface area contributed by atoms with Crippen molar-refractivity contribution in [3.05, 3.63) is 70.4 Å². The number of carbonyl (C=O) groups excluding carboxylic acids is 4. The first-order valence-corrected chi connectivity index (χ1v) is 12.2. The zero-order valence-corrected chi connectivity index (χ0v) is 24.0. The lowest BCUT2D eigenvalue weighted by Crippen LogP contribution is -2.26. The Hall–Kier alpha value is -3.87. The molecule has 0 amide bonds. The van der Waals surface area contributed by atoms with Crippen LogP contribution in [0.4, 0.5) is 8.78 Å². The number of ether oxygens (including phenoxy) is 4. The number of hydrogen-bond acceptors (Lipinski definition) is 8. The van der Waals surface area contributed by atoms with Crippen molar-refractivity contribution in [2.75, 3.05) is 0 Å². The van der Waals surface area contributed by atoms with Crippen molar-refractivity contribution >= 4 is 46.5 Å². The second-order valence-corrected chi connectivity index (χ2v) is 10.6. The number of halogens is 3. The van der Waals surface area contributed by atoms with Gasteiger partial charge < -0.3 is 18.9 Å². The van der Waals surface area contributed by atoms with Gasteiger partial charge in [0, 0.05) is 23.3 Å². The third-order valence-corrected chi connectivity index (χ3v) is 5.10. The van der Waals surface area contributed by atoms with Gasteiger partial charge in [0.05, 0.1) is 14.6 Å². The second-order valence-electron chi connectivity index (χ2n) is 9.34. The molecule has 0 fully saturated rings. The first kappa shape index (κ1) is 31.3. The van der Waals surface area contributed by atoms with E-state index in [-0.39, 0.29) is 31.8 Å². The van der Waals surface area contributed by atoms with Crippen LogP contribution in [0.3, 0.4) is 0 Å². The SMILES string of the molecule is C=C(C)C(=O)Oc1cc(OC(=O)C(=C)C)cc(-c2c(OC(=O)C(C)(C)C)cc(OC(=O)C(=C)I)c(F)c2F)c1. The molecule has 0 aliphatic rings. The van der Waals surface area contributed by atoms with E-state index in [9.17, 15) is 19.2 Å². The van der Waals surface area contributed by atoms with E-state index in [0.29, 0.717) is 0 Å². The van der Waals surface area contributed by atoms with E-state index in [1.807, 2.05) is 0 Å². The molecule has 2 aromatic carbocycles. The van der Waals surface area contributed by atoms with Crippen LogP contribution < -0.4 is 18.9 Å². The van der Waals surface area contributed by atoms with Crippen molar-refractivity contribution in [3.63, 3.8) is 0 Å². The van der Waals surface area contributed by atoms with Crippen molar-refractivity contribution in [3.8, 4) is 34.1 Å². The molecule has 0 bridgehead atoms. The molecule has 0 heterocycles. The summed E-state index contributed by atoms with van der Waals surface area (Å²) in [6, 6.07) is 4.23. The maximum absolute atomic E-state index is 15.6. The minimum absolute atomic E-state index is 0.0286. The van der Waals surface area contributed by atoms with Crippen LogP contribution in [0.2, 0.25) is 0 Å². The minimum atomic E-state index is -1.59. The molecule has 0 aromatic heterocycles. The van der Waals surface area contributed by atoms with E-state index in [1.165, 1.54) is 57.2 Å². The highest BCUT2D eigenvalue weighted by atomic mass is 127. The largest absolute Gasteiger partial charge is 0.425 e. The number of rotatable bonds is 8. The molecule has 206 valence electrons. The predicted octanol–water partition coefficient (Wildman–Crippen LogP) is 6.40. The van der Waals surface area contributed by atoms with Gasteiger partial charge in [0.1, 0.15) is 17.2 Å². The molecular weight excluding hydrogens is 629 g/mol. The summed E-state index contributed by atoms with van der Waals surface area (Å²) in [7, 11) is 0. The Bertz CT molecular complexity index is 1370. The Balaban J connectivity index is 2.85. The van der Waals surface area contributed by atoms with Crippen LogP contribution in [0.1, 0.15) is 34.6 Å². The highest BCUT2D eigenvalue weighted by Gasteiger charge is 2.30. The molecule has 0 unspecified atom stereocenters. The van der Waals surface area contributed by atoms with Crippen molar-refractivity contribution in [2.45, 2.75) is 34.6 Å². The number of benzene rings is 2. The van der Waals surface area contributed by atoms with Crippen molar-refractivity contribution in [1.82, 2.24) is 0 Å². The van der Waals surface area contributed by atoms with Crippen LogP contribution in [-0.2, 0) is 19.2 Å². The second kappa shape index (κ2) is 12.3. The molecule has 0 saturated heterocycles. The highest BCUT2D eigenvalue weighted by molar-refractivity contribution is 14.1. The maximum atomic E-state index is 15.6. The van der Waals surface area contributed by atoms with Gasteiger partial charge in [0.2, 0.25) is 5.82 Å². The molecule has 2 rings (SSSR count). The third kappa shape index (κ3) is 8.06. The molecule has 0 saturated carbocycles. The molecular formula is C28H25F2IO8. The van der Waals surface area contributed by atoms with Gasteiger partial charge in [-0.1, -0.05) is 19.7 Å². The normalized spacial score (nSPS) is 10.8. The van der Waals surface area contributed by atoms with E-state index in [0.717, 1.165) is 24.3 Å². The topological polar surface area (TPSA) is 105 Å². The molecule has 2 aromatic rings. The summed E-state index contributed by atoms with van der Waals surface area (Å²) in [6.45, 7) is 17.7. The average Bonchev–Trinajstić information content (AvgIpc) is 2.81. The van der Waals surface area contributed by atoms with Gasteiger partial charge in [-0.25, -0.2) is 18.8 Å². The Kier molecular flexibility index (Phi) is 9.91.